The number of hydrogen-bond acceptors (Lipinski definition) is 1. The lowest BCUT2D eigenvalue weighted by atomic mass is 10.1. The van der Waals surface area contributed by atoms with Crippen molar-refractivity contribution in [3.05, 3.63) is 0 Å². The van der Waals surface area contributed by atoms with Crippen LogP contribution in [0.2, 0.25) is 0 Å². The van der Waals surface area contributed by atoms with Crippen molar-refractivity contribution in [1.82, 2.24) is 0 Å². The SMILES string of the molecule is C#CC(=O)C1CC1(C)C. The minimum atomic E-state index is -0.0278. The molecule has 1 rings (SSSR count). The molecule has 0 N–H and O–H groups in total. The van der Waals surface area contributed by atoms with E-state index in [4.69, 9.17) is 6.42 Å². The summed E-state index contributed by atoms with van der Waals surface area (Å²) in [6, 6.07) is 0. The molecule has 1 saturated carbocycles. The van der Waals surface area contributed by atoms with Gasteiger partial charge in [-0.15, -0.1) is 6.42 Å². The third-order valence-corrected chi connectivity index (χ3v) is 1.97. The maximum atomic E-state index is 10.8. The molecule has 1 atom stereocenters. The topological polar surface area (TPSA) is 17.1 Å². The first-order chi connectivity index (χ1) is 4.08. The lowest BCUT2D eigenvalue weighted by molar-refractivity contribution is -0.115. The number of carbonyl (C=O) groups excluding carboxylic acids is 1. The van der Waals surface area contributed by atoms with Crippen LogP contribution in [0.15, 0.2) is 0 Å². The Morgan fingerprint density at radius 2 is 2.22 bits per heavy atom. The van der Waals surface area contributed by atoms with E-state index in [0.29, 0.717) is 0 Å². The molecule has 1 nitrogen and oxygen atoms in total. The standard InChI is InChI=1S/C8H10O/c1-4-7(9)6-5-8(6,2)3/h1,6H,5H2,2-3H3. The van der Waals surface area contributed by atoms with Crippen LogP contribution in [0.4, 0.5) is 0 Å². The normalized spacial score (nSPS) is 28.8. The fourth-order valence-electron chi connectivity index (χ4n) is 1.02. The number of carbonyl (C=O) groups is 1. The van der Waals surface area contributed by atoms with Crippen LogP contribution in [-0.4, -0.2) is 5.78 Å². The van der Waals surface area contributed by atoms with Crippen LogP contribution in [0.25, 0.3) is 0 Å². The van der Waals surface area contributed by atoms with Gasteiger partial charge in [0, 0.05) is 5.92 Å². The van der Waals surface area contributed by atoms with Crippen LogP contribution >= 0.6 is 0 Å². The smallest absolute Gasteiger partial charge is 0.208 e. The van der Waals surface area contributed by atoms with E-state index in [-0.39, 0.29) is 17.1 Å². The summed E-state index contributed by atoms with van der Waals surface area (Å²) < 4.78 is 0. The molecule has 0 heterocycles. The van der Waals surface area contributed by atoms with Gasteiger partial charge in [-0.3, -0.25) is 4.79 Å². The Morgan fingerprint density at radius 3 is 2.33 bits per heavy atom. The van der Waals surface area contributed by atoms with Crippen LogP contribution in [0.3, 0.4) is 0 Å². The predicted octanol–water partition coefficient (Wildman–Crippen LogP) is 1.23. The molecular formula is C8H10O. The summed E-state index contributed by atoms with van der Waals surface area (Å²) in [5.74, 6) is 2.27. The third kappa shape index (κ3) is 0.977. The number of Topliss-reactive ketones (excluding diaryl/α,β-unsaturated/α-hetero) is 1. The molecular weight excluding hydrogens is 112 g/mol. The highest BCUT2D eigenvalue weighted by Gasteiger charge is 2.49. The average Bonchev–Trinajstić information content (AvgIpc) is 2.38. The fraction of sp³-hybridized carbons (Fsp3) is 0.625. The molecule has 0 aromatic carbocycles. The molecule has 0 spiro atoms. The van der Waals surface area contributed by atoms with Crippen LogP contribution in [0, 0.1) is 23.7 Å². The van der Waals surface area contributed by atoms with Gasteiger partial charge in [0.1, 0.15) is 0 Å². The van der Waals surface area contributed by atoms with Gasteiger partial charge in [-0.2, -0.15) is 0 Å². The van der Waals surface area contributed by atoms with E-state index in [1.165, 1.54) is 0 Å². The first-order valence-electron chi connectivity index (χ1n) is 3.08. The molecule has 1 aliphatic carbocycles. The third-order valence-electron chi connectivity index (χ3n) is 1.97. The van der Waals surface area contributed by atoms with Crippen LogP contribution in [-0.2, 0) is 4.79 Å². The average molecular weight is 122 g/mol. The zero-order chi connectivity index (χ0) is 7.07. The molecule has 1 aliphatic rings. The summed E-state index contributed by atoms with van der Waals surface area (Å²) >= 11 is 0. The molecule has 0 aromatic heterocycles. The maximum absolute atomic E-state index is 10.8. The van der Waals surface area contributed by atoms with E-state index in [1.807, 2.05) is 0 Å². The zero-order valence-corrected chi connectivity index (χ0v) is 5.77. The van der Waals surface area contributed by atoms with Gasteiger partial charge in [-0.1, -0.05) is 13.8 Å². The number of hydrogen-bond donors (Lipinski definition) is 0. The van der Waals surface area contributed by atoms with E-state index >= 15 is 0 Å². The zero-order valence-electron chi connectivity index (χ0n) is 5.77. The highest BCUT2D eigenvalue weighted by molar-refractivity contribution is 5.99. The molecule has 1 fully saturated rings. The number of rotatable bonds is 1. The molecule has 1 heteroatoms. The van der Waals surface area contributed by atoms with Crippen molar-refractivity contribution in [2.75, 3.05) is 0 Å². The Kier molecular flexibility index (Phi) is 1.13. The number of terminal acetylenes is 1. The maximum Gasteiger partial charge on any atom is 0.208 e. The number of ketones is 1. The molecule has 0 saturated heterocycles. The van der Waals surface area contributed by atoms with E-state index < -0.39 is 0 Å². The summed E-state index contributed by atoms with van der Waals surface area (Å²) in [6.07, 6.45) is 5.90. The second-order valence-electron chi connectivity index (χ2n) is 3.25. The van der Waals surface area contributed by atoms with Gasteiger partial charge in [-0.05, 0) is 17.8 Å². The van der Waals surface area contributed by atoms with Crippen LogP contribution in [0.1, 0.15) is 20.3 Å². The highest BCUT2D eigenvalue weighted by atomic mass is 16.1. The molecule has 0 amide bonds. The van der Waals surface area contributed by atoms with Gasteiger partial charge in [0.15, 0.2) is 0 Å². The van der Waals surface area contributed by atoms with Crippen molar-refractivity contribution in [2.24, 2.45) is 11.3 Å². The predicted molar refractivity (Wildman–Crippen MR) is 35.7 cm³/mol. The monoisotopic (exact) mass is 122 g/mol. The van der Waals surface area contributed by atoms with E-state index in [9.17, 15) is 4.79 Å². The van der Waals surface area contributed by atoms with Gasteiger partial charge in [0.2, 0.25) is 5.78 Å². The van der Waals surface area contributed by atoms with Crippen molar-refractivity contribution in [1.29, 1.82) is 0 Å². The fourth-order valence-corrected chi connectivity index (χ4v) is 1.02. The molecule has 0 radical (unpaired) electrons. The Morgan fingerprint density at radius 1 is 1.78 bits per heavy atom. The summed E-state index contributed by atoms with van der Waals surface area (Å²) in [7, 11) is 0. The minimum Gasteiger partial charge on any atom is -0.285 e. The Bertz CT molecular complexity index is 183. The van der Waals surface area contributed by atoms with Gasteiger partial charge in [0.05, 0.1) is 0 Å². The van der Waals surface area contributed by atoms with E-state index in [1.54, 1.807) is 0 Å². The van der Waals surface area contributed by atoms with Crippen molar-refractivity contribution in [2.45, 2.75) is 20.3 Å². The first-order valence-corrected chi connectivity index (χ1v) is 3.08. The van der Waals surface area contributed by atoms with E-state index in [0.717, 1.165) is 6.42 Å². The molecule has 0 bridgehead atoms. The lowest BCUT2D eigenvalue weighted by Gasteiger charge is -1.94. The molecule has 0 aromatic rings. The molecule has 48 valence electrons. The lowest BCUT2D eigenvalue weighted by Crippen LogP contribution is -2.01. The van der Waals surface area contributed by atoms with Crippen molar-refractivity contribution in [3.8, 4) is 12.3 Å². The summed E-state index contributed by atoms with van der Waals surface area (Å²) in [5.41, 5.74) is 0.198. The van der Waals surface area contributed by atoms with Gasteiger partial charge < -0.3 is 0 Å². The van der Waals surface area contributed by atoms with Crippen LogP contribution in [0.5, 0.6) is 0 Å². The van der Waals surface area contributed by atoms with Gasteiger partial charge in [0.25, 0.3) is 0 Å². The van der Waals surface area contributed by atoms with Crippen LogP contribution < -0.4 is 0 Å². The Balaban J connectivity index is 2.55. The summed E-state index contributed by atoms with van der Waals surface area (Å²) in [4.78, 5) is 10.8. The van der Waals surface area contributed by atoms with Gasteiger partial charge >= 0.3 is 0 Å². The second kappa shape index (κ2) is 1.60. The van der Waals surface area contributed by atoms with E-state index in [2.05, 4.69) is 19.8 Å². The molecule has 0 aliphatic heterocycles. The largest absolute Gasteiger partial charge is 0.285 e. The Labute approximate surface area is 55.4 Å². The summed E-state index contributed by atoms with van der Waals surface area (Å²) in [5, 5.41) is 0. The first kappa shape index (κ1) is 6.35. The molecule has 1 unspecified atom stereocenters. The van der Waals surface area contributed by atoms with Gasteiger partial charge in [-0.25, -0.2) is 0 Å². The quantitative estimate of drug-likeness (QED) is 0.377. The van der Waals surface area contributed by atoms with Crippen molar-refractivity contribution in [3.63, 3.8) is 0 Å². The summed E-state index contributed by atoms with van der Waals surface area (Å²) in [6.45, 7) is 4.12. The Hall–Kier alpha value is -0.770. The molecule has 9 heavy (non-hydrogen) atoms. The second-order valence-corrected chi connectivity index (χ2v) is 3.25. The van der Waals surface area contributed by atoms with Crippen molar-refractivity contribution < 1.29 is 4.79 Å². The van der Waals surface area contributed by atoms with Crippen molar-refractivity contribution >= 4 is 5.78 Å². The highest BCUT2D eigenvalue weighted by Crippen LogP contribution is 2.51. The minimum absolute atomic E-state index is 0.0278.